The van der Waals surface area contributed by atoms with Crippen LogP contribution in [0.5, 0.6) is 0 Å². The lowest BCUT2D eigenvalue weighted by Gasteiger charge is -2.15. The monoisotopic (exact) mass is 383 g/mol. The van der Waals surface area contributed by atoms with Gasteiger partial charge in [0.05, 0.1) is 34.9 Å². The van der Waals surface area contributed by atoms with Gasteiger partial charge in [-0.15, -0.1) is 0 Å². The number of Topliss-reactive ketones (excluding diaryl/α,β-unsaturated/α-hetero) is 2. The standard InChI is InChI=1S/C24H21N3O2/c28-19-12-20(29)22-21-17-6-2-1-5-15(17)11-16(7-10-26-8-3-4-9-26)23(21)27-14-25-13-18(19)24(22)27/h1-2,5-6,11,13-14H,3-4,7-10,12H2. The van der Waals surface area contributed by atoms with Gasteiger partial charge in [-0.2, -0.15) is 0 Å². The molecule has 4 aromatic rings. The third kappa shape index (κ3) is 2.40. The third-order valence-corrected chi connectivity index (χ3v) is 6.51. The molecule has 0 N–H and O–H groups in total. The Bertz CT molecular complexity index is 1330. The van der Waals surface area contributed by atoms with Crippen LogP contribution in [-0.2, 0) is 6.42 Å². The van der Waals surface area contributed by atoms with Gasteiger partial charge in [0.2, 0.25) is 0 Å². The van der Waals surface area contributed by atoms with Crippen molar-refractivity contribution in [3.8, 4) is 0 Å². The summed E-state index contributed by atoms with van der Waals surface area (Å²) in [5.74, 6) is -0.214. The fourth-order valence-electron chi connectivity index (χ4n) is 5.17. The second-order valence-electron chi connectivity index (χ2n) is 8.20. The van der Waals surface area contributed by atoms with E-state index in [1.807, 2.05) is 16.5 Å². The van der Waals surface area contributed by atoms with E-state index in [1.165, 1.54) is 18.4 Å². The van der Waals surface area contributed by atoms with E-state index in [1.54, 1.807) is 12.5 Å². The predicted molar refractivity (Wildman–Crippen MR) is 113 cm³/mol. The van der Waals surface area contributed by atoms with Crippen LogP contribution in [0.25, 0.3) is 27.2 Å². The summed E-state index contributed by atoms with van der Waals surface area (Å²) in [6.45, 7) is 3.33. The van der Waals surface area contributed by atoms with Gasteiger partial charge < -0.3 is 4.90 Å². The molecule has 5 nitrogen and oxygen atoms in total. The first-order chi connectivity index (χ1) is 14.2. The number of rotatable bonds is 3. The summed E-state index contributed by atoms with van der Waals surface area (Å²) in [6.07, 6.45) is 6.76. The lowest BCUT2D eigenvalue weighted by molar-refractivity contribution is 0.0890. The SMILES string of the molecule is O=C1CC(=O)c2c3c4ccccc4cc(CCN4CCCC4)c3n3cncc1c23. The molecule has 6 rings (SSSR count). The minimum absolute atomic E-state index is 0.0696. The average molecular weight is 383 g/mol. The highest BCUT2D eigenvalue weighted by Gasteiger charge is 2.31. The van der Waals surface area contributed by atoms with Crippen molar-refractivity contribution in [3.63, 3.8) is 0 Å². The quantitative estimate of drug-likeness (QED) is 0.501. The van der Waals surface area contributed by atoms with Crippen molar-refractivity contribution in [2.75, 3.05) is 19.6 Å². The molecule has 1 fully saturated rings. The van der Waals surface area contributed by atoms with Gasteiger partial charge in [-0.1, -0.05) is 24.3 Å². The van der Waals surface area contributed by atoms with Gasteiger partial charge >= 0.3 is 0 Å². The molecule has 0 unspecified atom stereocenters. The molecule has 2 aliphatic rings. The number of nitrogens with zero attached hydrogens (tertiary/aromatic N) is 3. The molecular formula is C24H21N3O2. The van der Waals surface area contributed by atoms with Crippen LogP contribution in [-0.4, -0.2) is 45.5 Å². The molecule has 2 aromatic carbocycles. The molecule has 144 valence electrons. The minimum Gasteiger partial charge on any atom is -0.303 e. The summed E-state index contributed by atoms with van der Waals surface area (Å²) in [7, 11) is 0. The Labute approximate surface area is 167 Å². The number of aromatic nitrogens is 2. The van der Waals surface area contributed by atoms with Crippen molar-refractivity contribution in [1.82, 2.24) is 14.3 Å². The molecule has 0 saturated carbocycles. The first-order valence-electron chi connectivity index (χ1n) is 10.3. The molecule has 1 aliphatic heterocycles. The van der Waals surface area contributed by atoms with Crippen LogP contribution in [0.2, 0.25) is 0 Å². The van der Waals surface area contributed by atoms with Crippen LogP contribution in [0.15, 0.2) is 42.9 Å². The topological polar surface area (TPSA) is 54.7 Å². The zero-order valence-corrected chi connectivity index (χ0v) is 16.1. The van der Waals surface area contributed by atoms with E-state index in [0.29, 0.717) is 11.1 Å². The van der Waals surface area contributed by atoms with Crippen LogP contribution >= 0.6 is 0 Å². The zero-order valence-electron chi connectivity index (χ0n) is 16.1. The number of fused-ring (bicyclic) bond motifs is 5. The van der Waals surface area contributed by atoms with E-state index in [-0.39, 0.29) is 18.0 Å². The van der Waals surface area contributed by atoms with Crippen LogP contribution in [0.4, 0.5) is 0 Å². The molecule has 0 amide bonds. The van der Waals surface area contributed by atoms with Gasteiger partial charge in [-0.3, -0.25) is 14.0 Å². The summed E-state index contributed by atoms with van der Waals surface area (Å²) < 4.78 is 1.99. The Morgan fingerprint density at radius 3 is 2.69 bits per heavy atom. The second-order valence-corrected chi connectivity index (χ2v) is 8.20. The van der Waals surface area contributed by atoms with E-state index < -0.39 is 0 Å². The first kappa shape index (κ1) is 16.9. The zero-order chi connectivity index (χ0) is 19.5. The largest absolute Gasteiger partial charge is 0.303 e. The van der Waals surface area contributed by atoms with Crippen LogP contribution < -0.4 is 0 Å². The maximum absolute atomic E-state index is 13.0. The molecule has 3 heterocycles. The molecule has 0 bridgehead atoms. The maximum Gasteiger partial charge on any atom is 0.174 e. The molecule has 1 saturated heterocycles. The number of benzene rings is 2. The summed E-state index contributed by atoms with van der Waals surface area (Å²) in [5, 5.41) is 3.19. The van der Waals surface area contributed by atoms with Crippen LogP contribution in [0.1, 0.15) is 45.5 Å². The number of carbonyl (C=O) groups is 2. The van der Waals surface area contributed by atoms with Crippen molar-refractivity contribution in [3.05, 3.63) is 59.5 Å². The summed E-state index contributed by atoms with van der Waals surface area (Å²) in [5.41, 5.74) is 4.23. The predicted octanol–water partition coefficient (Wildman–Crippen LogP) is 4.05. The smallest absolute Gasteiger partial charge is 0.174 e. The number of ketones is 2. The van der Waals surface area contributed by atoms with E-state index in [4.69, 9.17) is 0 Å². The highest BCUT2D eigenvalue weighted by Crippen LogP contribution is 2.39. The van der Waals surface area contributed by atoms with Crippen molar-refractivity contribution < 1.29 is 9.59 Å². The Hall–Kier alpha value is -3.05. The Kier molecular flexibility index (Phi) is 3.62. The highest BCUT2D eigenvalue weighted by molar-refractivity contribution is 6.32. The van der Waals surface area contributed by atoms with Gasteiger partial charge in [0.15, 0.2) is 11.6 Å². The van der Waals surface area contributed by atoms with Crippen LogP contribution in [0.3, 0.4) is 0 Å². The molecule has 2 aromatic heterocycles. The van der Waals surface area contributed by atoms with E-state index >= 15 is 0 Å². The summed E-state index contributed by atoms with van der Waals surface area (Å²) >= 11 is 0. The van der Waals surface area contributed by atoms with Gasteiger partial charge in [-0.25, -0.2) is 4.98 Å². The van der Waals surface area contributed by atoms with Crippen molar-refractivity contribution in [2.24, 2.45) is 0 Å². The molecule has 0 atom stereocenters. The van der Waals surface area contributed by atoms with Gasteiger partial charge in [-0.05, 0) is 54.8 Å². The van der Waals surface area contributed by atoms with Gasteiger partial charge in [0.25, 0.3) is 0 Å². The van der Waals surface area contributed by atoms with Crippen molar-refractivity contribution in [2.45, 2.75) is 25.7 Å². The number of hydrogen-bond donors (Lipinski definition) is 0. The molecule has 0 spiro atoms. The highest BCUT2D eigenvalue weighted by atomic mass is 16.1. The van der Waals surface area contributed by atoms with E-state index in [2.05, 4.69) is 28.1 Å². The van der Waals surface area contributed by atoms with E-state index in [0.717, 1.165) is 53.2 Å². The average Bonchev–Trinajstić information content (AvgIpc) is 3.37. The minimum atomic E-state index is -0.133. The number of hydrogen-bond acceptors (Lipinski definition) is 4. The summed E-state index contributed by atoms with van der Waals surface area (Å²) in [4.78, 5) is 32.4. The third-order valence-electron chi connectivity index (χ3n) is 6.51. The Balaban J connectivity index is 1.71. The fourth-order valence-corrected chi connectivity index (χ4v) is 5.17. The van der Waals surface area contributed by atoms with Crippen LogP contribution in [0, 0.1) is 0 Å². The van der Waals surface area contributed by atoms with Crippen molar-refractivity contribution >= 4 is 38.8 Å². The van der Waals surface area contributed by atoms with E-state index in [9.17, 15) is 9.59 Å². The number of carbonyl (C=O) groups excluding carboxylic acids is 2. The molecule has 1 aliphatic carbocycles. The molecule has 29 heavy (non-hydrogen) atoms. The van der Waals surface area contributed by atoms with Gasteiger partial charge in [0.1, 0.15) is 0 Å². The second kappa shape index (κ2) is 6.22. The lowest BCUT2D eigenvalue weighted by atomic mass is 9.90. The first-order valence-corrected chi connectivity index (χ1v) is 10.3. The van der Waals surface area contributed by atoms with Crippen molar-refractivity contribution in [1.29, 1.82) is 0 Å². The molecule has 5 heteroatoms. The maximum atomic E-state index is 13.0. The Morgan fingerprint density at radius 1 is 1.00 bits per heavy atom. The fraction of sp³-hybridized carbons (Fsp3) is 0.292. The van der Waals surface area contributed by atoms with Gasteiger partial charge in [0, 0.05) is 18.1 Å². The number of likely N-dealkylation sites (tertiary alicyclic amines) is 1. The normalized spacial score (nSPS) is 17.2. The summed E-state index contributed by atoms with van der Waals surface area (Å²) in [6, 6.07) is 10.5. The lowest BCUT2D eigenvalue weighted by Crippen LogP contribution is -2.22. The Morgan fingerprint density at radius 2 is 1.83 bits per heavy atom. The molecule has 0 radical (unpaired) electrons. The molecular weight excluding hydrogens is 362 g/mol.